The minimum atomic E-state index is 0.0978. The Labute approximate surface area is 121 Å². The van der Waals surface area contributed by atoms with Crippen LogP contribution in [0.15, 0.2) is 24.3 Å². The zero-order chi connectivity index (χ0) is 14.4. The first-order valence-electron chi connectivity index (χ1n) is 7.43. The molecule has 2 N–H and O–H groups in total. The molecule has 1 aromatic rings. The minimum Gasteiger partial charge on any atom is -0.395 e. The number of hydrogen-bond acceptors (Lipinski definition) is 4. The fourth-order valence-corrected chi connectivity index (χ4v) is 2.66. The number of rotatable bonds is 6. The lowest BCUT2D eigenvalue weighted by atomic mass is 10.00. The molecule has 4 nitrogen and oxygen atoms in total. The number of hydrogen-bond donors (Lipinski definition) is 2. The first kappa shape index (κ1) is 15.4. The third-order valence-electron chi connectivity index (χ3n) is 3.87. The third kappa shape index (κ3) is 4.28. The number of nitrogens with zero attached hydrogens (tertiary/aromatic N) is 1. The van der Waals surface area contributed by atoms with Crippen molar-refractivity contribution in [3.8, 4) is 0 Å². The van der Waals surface area contributed by atoms with Crippen LogP contribution in [0.1, 0.15) is 24.1 Å². The molecule has 0 bridgehead atoms. The first-order chi connectivity index (χ1) is 9.70. The van der Waals surface area contributed by atoms with Crippen molar-refractivity contribution in [3.05, 3.63) is 35.4 Å². The van der Waals surface area contributed by atoms with Gasteiger partial charge in [0.05, 0.1) is 19.8 Å². The maximum atomic E-state index is 9.31. The highest BCUT2D eigenvalue weighted by Crippen LogP contribution is 2.20. The molecule has 0 spiro atoms. The van der Waals surface area contributed by atoms with Crippen LogP contribution in [0, 0.1) is 6.92 Å². The van der Waals surface area contributed by atoms with Gasteiger partial charge in [0.15, 0.2) is 0 Å². The molecular weight excluding hydrogens is 252 g/mol. The van der Waals surface area contributed by atoms with E-state index in [0.717, 1.165) is 32.8 Å². The van der Waals surface area contributed by atoms with E-state index in [9.17, 15) is 5.11 Å². The standard InChI is InChI=1S/C16H26N2O2/c1-13-5-3-4-6-15(13)16(17-14(2)12-19)11-18-7-9-20-10-8-18/h3-6,14,16-17,19H,7-12H2,1-2H3/t14-,16?/m1/s1. The molecular formula is C16H26N2O2. The normalized spacial score (nSPS) is 19.8. The molecule has 1 saturated heterocycles. The second-order valence-corrected chi connectivity index (χ2v) is 5.57. The zero-order valence-corrected chi connectivity index (χ0v) is 12.5. The van der Waals surface area contributed by atoms with Crippen molar-refractivity contribution in [2.24, 2.45) is 0 Å². The van der Waals surface area contributed by atoms with Crippen molar-refractivity contribution in [1.82, 2.24) is 10.2 Å². The van der Waals surface area contributed by atoms with Gasteiger partial charge in [-0.1, -0.05) is 24.3 Å². The lowest BCUT2D eigenvalue weighted by Gasteiger charge is -2.33. The van der Waals surface area contributed by atoms with E-state index in [2.05, 4.69) is 41.4 Å². The van der Waals surface area contributed by atoms with Crippen molar-refractivity contribution in [3.63, 3.8) is 0 Å². The average molecular weight is 278 g/mol. The van der Waals surface area contributed by atoms with E-state index in [1.807, 2.05) is 6.92 Å². The molecule has 1 unspecified atom stereocenters. The SMILES string of the molecule is Cc1ccccc1C(CN1CCOCC1)N[C@H](C)CO. The smallest absolute Gasteiger partial charge is 0.0594 e. The van der Waals surface area contributed by atoms with Crippen LogP contribution >= 0.6 is 0 Å². The van der Waals surface area contributed by atoms with Gasteiger partial charge in [0.25, 0.3) is 0 Å². The summed E-state index contributed by atoms with van der Waals surface area (Å²) in [6.45, 7) is 8.88. The maximum Gasteiger partial charge on any atom is 0.0594 e. The van der Waals surface area contributed by atoms with Gasteiger partial charge in [-0.3, -0.25) is 4.90 Å². The van der Waals surface area contributed by atoms with E-state index >= 15 is 0 Å². The molecule has 1 heterocycles. The lowest BCUT2D eigenvalue weighted by molar-refractivity contribution is 0.0324. The fourth-order valence-electron chi connectivity index (χ4n) is 2.66. The van der Waals surface area contributed by atoms with Gasteiger partial charge in [-0.25, -0.2) is 0 Å². The fraction of sp³-hybridized carbons (Fsp3) is 0.625. The van der Waals surface area contributed by atoms with Crippen LogP contribution in [-0.2, 0) is 4.74 Å². The Morgan fingerprint density at radius 1 is 1.30 bits per heavy atom. The van der Waals surface area contributed by atoms with E-state index in [1.165, 1.54) is 11.1 Å². The molecule has 20 heavy (non-hydrogen) atoms. The third-order valence-corrected chi connectivity index (χ3v) is 3.87. The van der Waals surface area contributed by atoms with Crippen LogP contribution in [0.3, 0.4) is 0 Å². The monoisotopic (exact) mass is 278 g/mol. The Morgan fingerprint density at radius 2 is 2.00 bits per heavy atom. The Morgan fingerprint density at radius 3 is 2.65 bits per heavy atom. The summed E-state index contributed by atoms with van der Waals surface area (Å²) >= 11 is 0. The van der Waals surface area contributed by atoms with Gasteiger partial charge < -0.3 is 15.2 Å². The van der Waals surface area contributed by atoms with E-state index in [4.69, 9.17) is 4.74 Å². The van der Waals surface area contributed by atoms with E-state index in [0.29, 0.717) is 0 Å². The van der Waals surface area contributed by atoms with Crippen molar-refractivity contribution in [2.75, 3.05) is 39.5 Å². The zero-order valence-electron chi connectivity index (χ0n) is 12.5. The van der Waals surface area contributed by atoms with Gasteiger partial charge in [0.2, 0.25) is 0 Å². The van der Waals surface area contributed by atoms with Crippen LogP contribution in [0.25, 0.3) is 0 Å². The highest BCUT2D eigenvalue weighted by atomic mass is 16.5. The molecule has 0 amide bonds. The molecule has 0 saturated carbocycles. The van der Waals surface area contributed by atoms with Crippen LogP contribution in [-0.4, -0.2) is 55.5 Å². The molecule has 1 aliphatic rings. The molecule has 112 valence electrons. The number of aliphatic hydroxyl groups excluding tert-OH is 1. The summed E-state index contributed by atoms with van der Waals surface area (Å²) in [5, 5.41) is 12.8. The quantitative estimate of drug-likeness (QED) is 0.824. The largest absolute Gasteiger partial charge is 0.395 e. The summed E-state index contributed by atoms with van der Waals surface area (Å²) in [6.07, 6.45) is 0. The van der Waals surface area contributed by atoms with Gasteiger partial charge >= 0.3 is 0 Å². The van der Waals surface area contributed by atoms with Gasteiger partial charge in [0.1, 0.15) is 0 Å². The molecule has 1 fully saturated rings. The number of aryl methyl sites for hydroxylation is 1. The number of nitrogens with one attached hydrogen (secondary N) is 1. The Balaban J connectivity index is 2.09. The summed E-state index contributed by atoms with van der Waals surface area (Å²) in [5.74, 6) is 0. The summed E-state index contributed by atoms with van der Waals surface area (Å²) in [6, 6.07) is 8.82. The number of benzene rings is 1. The highest BCUT2D eigenvalue weighted by molar-refractivity contribution is 5.29. The van der Waals surface area contributed by atoms with Gasteiger partial charge in [-0.2, -0.15) is 0 Å². The summed E-state index contributed by atoms with van der Waals surface area (Å²) in [7, 11) is 0. The summed E-state index contributed by atoms with van der Waals surface area (Å²) in [5.41, 5.74) is 2.61. The Kier molecular flexibility index (Phi) is 5.98. The van der Waals surface area contributed by atoms with Crippen LogP contribution in [0.5, 0.6) is 0 Å². The predicted octanol–water partition coefficient (Wildman–Crippen LogP) is 1.34. The number of ether oxygens (including phenoxy) is 1. The molecule has 0 aliphatic carbocycles. The van der Waals surface area contributed by atoms with E-state index < -0.39 is 0 Å². The van der Waals surface area contributed by atoms with Crippen molar-refractivity contribution < 1.29 is 9.84 Å². The first-order valence-corrected chi connectivity index (χ1v) is 7.43. The van der Waals surface area contributed by atoms with Gasteiger partial charge in [-0.15, -0.1) is 0 Å². The molecule has 0 radical (unpaired) electrons. The van der Waals surface area contributed by atoms with Crippen LogP contribution in [0.2, 0.25) is 0 Å². The van der Waals surface area contributed by atoms with Crippen molar-refractivity contribution in [1.29, 1.82) is 0 Å². The summed E-state index contributed by atoms with van der Waals surface area (Å²) in [4.78, 5) is 2.43. The average Bonchev–Trinajstić information content (AvgIpc) is 2.48. The van der Waals surface area contributed by atoms with Gasteiger partial charge in [-0.05, 0) is 25.0 Å². The second-order valence-electron chi connectivity index (χ2n) is 5.57. The summed E-state index contributed by atoms with van der Waals surface area (Å²) < 4.78 is 5.41. The van der Waals surface area contributed by atoms with E-state index in [-0.39, 0.29) is 18.7 Å². The second kappa shape index (κ2) is 7.74. The van der Waals surface area contributed by atoms with Crippen molar-refractivity contribution in [2.45, 2.75) is 25.9 Å². The highest BCUT2D eigenvalue weighted by Gasteiger charge is 2.20. The van der Waals surface area contributed by atoms with Crippen LogP contribution in [0.4, 0.5) is 0 Å². The molecule has 1 aromatic carbocycles. The number of morpholine rings is 1. The van der Waals surface area contributed by atoms with Gasteiger partial charge in [0, 0.05) is 31.7 Å². The Bertz CT molecular complexity index is 405. The van der Waals surface area contributed by atoms with Crippen molar-refractivity contribution >= 4 is 0 Å². The van der Waals surface area contributed by atoms with Crippen LogP contribution < -0.4 is 5.32 Å². The lowest BCUT2D eigenvalue weighted by Crippen LogP contribution is -2.44. The Hall–Kier alpha value is -0.940. The molecule has 2 rings (SSSR count). The minimum absolute atomic E-state index is 0.0978. The maximum absolute atomic E-state index is 9.31. The molecule has 0 aromatic heterocycles. The van der Waals surface area contributed by atoms with E-state index in [1.54, 1.807) is 0 Å². The topological polar surface area (TPSA) is 44.7 Å². The molecule has 1 aliphatic heterocycles. The predicted molar refractivity (Wildman–Crippen MR) is 80.9 cm³/mol. The number of aliphatic hydroxyl groups is 1. The molecule has 2 atom stereocenters. The molecule has 4 heteroatoms.